The van der Waals surface area contributed by atoms with E-state index in [1.54, 1.807) is 30.4 Å². The van der Waals surface area contributed by atoms with Gasteiger partial charge in [-0.15, -0.1) is 0 Å². The molecule has 0 spiro atoms. The first-order valence-electron chi connectivity index (χ1n) is 16.7. The van der Waals surface area contributed by atoms with E-state index in [-0.39, 0.29) is 23.8 Å². The molecule has 1 aliphatic carbocycles. The van der Waals surface area contributed by atoms with Crippen molar-refractivity contribution in [2.45, 2.75) is 39.8 Å². The van der Waals surface area contributed by atoms with Crippen molar-refractivity contribution in [3.8, 4) is 11.1 Å². The normalized spacial score (nSPS) is 16.2. The average molecular weight is 666 g/mol. The van der Waals surface area contributed by atoms with Crippen LogP contribution in [0, 0.1) is 5.82 Å². The zero-order chi connectivity index (χ0) is 34.4. The summed E-state index contributed by atoms with van der Waals surface area (Å²) in [6.07, 6.45) is 4.88. The molecule has 7 rings (SSSR count). The number of hydrogen-bond acceptors (Lipinski definition) is 8. The zero-order valence-corrected chi connectivity index (χ0v) is 28.1. The van der Waals surface area contributed by atoms with E-state index in [9.17, 15) is 14.4 Å². The second-order valence-corrected chi connectivity index (χ2v) is 13.0. The number of amides is 1. The lowest BCUT2D eigenvalue weighted by Gasteiger charge is -2.35. The molecule has 0 radical (unpaired) electrons. The zero-order valence-electron chi connectivity index (χ0n) is 28.1. The van der Waals surface area contributed by atoms with Crippen LogP contribution in [0.15, 0.2) is 65.7 Å². The van der Waals surface area contributed by atoms with Crippen LogP contribution in [-0.2, 0) is 42.6 Å². The Morgan fingerprint density at radius 1 is 1.04 bits per heavy atom. The maximum atomic E-state index is 15.5. The molecule has 3 aromatic heterocycles. The number of benzene rings is 1. The molecule has 2 aliphatic heterocycles. The van der Waals surface area contributed by atoms with Gasteiger partial charge in [0, 0.05) is 82.7 Å². The Kier molecular flexibility index (Phi) is 8.57. The van der Waals surface area contributed by atoms with E-state index in [0.717, 1.165) is 68.1 Å². The quantitative estimate of drug-likeness (QED) is 0.214. The number of aromatic nitrogens is 3. The van der Waals surface area contributed by atoms with Crippen LogP contribution in [0.25, 0.3) is 11.1 Å². The molecule has 0 saturated carbocycles. The molecule has 5 heterocycles. The summed E-state index contributed by atoms with van der Waals surface area (Å²) in [7, 11) is 1.62. The number of likely N-dealkylation sites (N-methyl/N-ethyl adjacent to an activating group) is 1. The van der Waals surface area contributed by atoms with Crippen LogP contribution in [0.3, 0.4) is 0 Å². The van der Waals surface area contributed by atoms with E-state index >= 15 is 4.39 Å². The number of carbonyl (C=O) groups excluding carboxylic acids is 2. The second kappa shape index (κ2) is 13.0. The minimum Gasteiger partial charge on any atom is -0.461 e. The van der Waals surface area contributed by atoms with Crippen molar-refractivity contribution in [2.75, 3.05) is 54.4 Å². The highest BCUT2D eigenvalue weighted by Gasteiger charge is 2.33. The van der Waals surface area contributed by atoms with Gasteiger partial charge in [0.2, 0.25) is 0 Å². The fourth-order valence-electron chi connectivity index (χ4n) is 7.18. The predicted molar refractivity (Wildman–Crippen MR) is 187 cm³/mol. The molecule has 1 N–H and O–H groups in total. The Morgan fingerprint density at radius 3 is 2.55 bits per heavy atom. The molecule has 254 valence electrons. The summed E-state index contributed by atoms with van der Waals surface area (Å²) in [6, 6.07) is 10.0. The number of ether oxygens (including phenoxy) is 1. The number of halogens is 1. The molecule has 0 bridgehead atoms. The topological polar surface area (TPSA) is 105 Å². The molecule has 0 unspecified atom stereocenters. The fraction of sp³-hybridized carbons (Fsp3) is 0.351. The third kappa shape index (κ3) is 6.24. The molecule has 12 heteroatoms. The van der Waals surface area contributed by atoms with Gasteiger partial charge in [0.25, 0.3) is 11.5 Å². The number of pyridine rings is 2. The smallest absolute Gasteiger partial charge is 0.302 e. The average Bonchev–Trinajstić information content (AvgIpc) is 3.63. The molecule has 1 amide bonds. The van der Waals surface area contributed by atoms with Crippen LogP contribution in [0.5, 0.6) is 0 Å². The number of nitrogens with zero attached hydrogens (tertiary/aromatic N) is 6. The Labute approximate surface area is 284 Å². The van der Waals surface area contributed by atoms with Crippen molar-refractivity contribution in [3.63, 3.8) is 0 Å². The van der Waals surface area contributed by atoms with Gasteiger partial charge in [-0.3, -0.25) is 14.4 Å². The van der Waals surface area contributed by atoms with Gasteiger partial charge in [-0.1, -0.05) is 19.1 Å². The number of nitrogens with one attached hydrogen (secondary N) is 1. The van der Waals surface area contributed by atoms with E-state index in [4.69, 9.17) is 4.74 Å². The molecular weight excluding hydrogens is 625 g/mol. The van der Waals surface area contributed by atoms with Gasteiger partial charge in [-0.2, -0.15) is 0 Å². The van der Waals surface area contributed by atoms with E-state index in [1.807, 2.05) is 22.8 Å². The lowest BCUT2D eigenvalue weighted by Crippen LogP contribution is -2.46. The Hall–Kier alpha value is -5.23. The third-order valence-electron chi connectivity index (χ3n) is 9.76. The van der Waals surface area contributed by atoms with Gasteiger partial charge in [0.1, 0.15) is 29.6 Å². The molecule has 4 aromatic rings. The van der Waals surface area contributed by atoms with Crippen molar-refractivity contribution >= 4 is 34.8 Å². The van der Waals surface area contributed by atoms with Crippen LogP contribution >= 0.6 is 0 Å². The summed E-state index contributed by atoms with van der Waals surface area (Å²) in [5, 5.41) is 3.15. The number of piperazine rings is 1. The highest BCUT2D eigenvalue weighted by molar-refractivity contribution is 6.07. The van der Waals surface area contributed by atoms with Gasteiger partial charge in [0.05, 0.1) is 17.6 Å². The van der Waals surface area contributed by atoms with Gasteiger partial charge in [0.15, 0.2) is 0 Å². The summed E-state index contributed by atoms with van der Waals surface area (Å²) in [4.78, 5) is 50.1. The lowest BCUT2D eigenvalue weighted by atomic mass is 9.97. The number of esters is 1. The van der Waals surface area contributed by atoms with E-state index in [2.05, 4.69) is 33.6 Å². The predicted octanol–water partition coefficient (Wildman–Crippen LogP) is 4.65. The number of carbonyl (C=O) groups is 2. The minimum absolute atomic E-state index is 0.192. The molecule has 49 heavy (non-hydrogen) atoms. The summed E-state index contributed by atoms with van der Waals surface area (Å²) in [6.45, 7) is 13.1. The van der Waals surface area contributed by atoms with Crippen molar-refractivity contribution in [1.82, 2.24) is 19.0 Å². The van der Waals surface area contributed by atoms with Crippen molar-refractivity contribution < 1.29 is 18.7 Å². The monoisotopic (exact) mass is 665 g/mol. The number of rotatable bonds is 8. The number of fused-ring (bicyclic) bond motifs is 3. The molecule has 1 aromatic carbocycles. The highest BCUT2D eigenvalue weighted by Crippen LogP contribution is 2.38. The number of allylic oxidation sites excluding steroid dienone is 1. The van der Waals surface area contributed by atoms with Crippen molar-refractivity contribution in [2.24, 2.45) is 7.05 Å². The van der Waals surface area contributed by atoms with Crippen LogP contribution in [0.4, 0.5) is 27.3 Å². The van der Waals surface area contributed by atoms with Crippen molar-refractivity contribution in [3.05, 3.63) is 99.6 Å². The van der Waals surface area contributed by atoms with Crippen LogP contribution in [-0.4, -0.2) is 70.2 Å². The van der Waals surface area contributed by atoms with Gasteiger partial charge < -0.3 is 33.9 Å². The van der Waals surface area contributed by atoms with E-state index < -0.39 is 11.8 Å². The van der Waals surface area contributed by atoms with Crippen LogP contribution in [0.2, 0.25) is 0 Å². The summed E-state index contributed by atoms with van der Waals surface area (Å²) in [5.41, 5.74) is 6.50. The fourth-order valence-corrected chi connectivity index (χ4v) is 7.18. The van der Waals surface area contributed by atoms with Gasteiger partial charge >= 0.3 is 5.97 Å². The molecular formula is C37H40FN7O4. The summed E-state index contributed by atoms with van der Waals surface area (Å²) in [5.74, 6) is -0.843. The summed E-state index contributed by atoms with van der Waals surface area (Å²) < 4.78 is 24.5. The van der Waals surface area contributed by atoms with Crippen molar-refractivity contribution in [1.29, 1.82) is 0 Å². The highest BCUT2D eigenvalue weighted by atomic mass is 19.1. The minimum atomic E-state index is -0.565. The maximum Gasteiger partial charge on any atom is 0.302 e. The molecule has 1 saturated heterocycles. The van der Waals surface area contributed by atoms with Gasteiger partial charge in [-0.25, -0.2) is 9.37 Å². The molecule has 3 aliphatic rings. The number of hydrogen-bond donors (Lipinski definition) is 1. The van der Waals surface area contributed by atoms with Crippen LogP contribution < -0.4 is 20.7 Å². The Morgan fingerprint density at radius 2 is 1.84 bits per heavy atom. The third-order valence-corrected chi connectivity index (χ3v) is 9.76. The first kappa shape index (κ1) is 32.3. The van der Waals surface area contributed by atoms with Gasteiger partial charge in [-0.05, 0) is 60.5 Å². The maximum absolute atomic E-state index is 15.5. The van der Waals surface area contributed by atoms with E-state index in [1.165, 1.54) is 23.6 Å². The standard InChI is InChI=1S/C37H40FN7O4/c1-5-42-8-10-43(11-9-42)28-6-7-35(39-20-28)40-31-16-26(21-41(4)36(31)47)29-18-27(38)19-33(30(29)22-49-24(3)46)45-13-12-44-32-15-23(2)14-25(32)17-34(44)37(45)48/h6-7,16-21H,2,5,8-15,22H2,1,3-4H3,(H,39,40). The lowest BCUT2D eigenvalue weighted by molar-refractivity contribution is -0.142. The molecule has 1 fully saturated rings. The first-order valence-corrected chi connectivity index (χ1v) is 16.7. The van der Waals surface area contributed by atoms with Crippen LogP contribution in [0.1, 0.15) is 41.2 Å². The Balaban J connectivity index is 1.22. The molecule has 11 nitrogen and oxygen atoms in total. The first-order chi connectivity index (χ1) is 23.6. The van der Waals surface area contributed by atoms with E-state index in [0.29, 0.717) is 47.0 Å². The second-order valence-electron chi connectivity index (χ2n) is 13.0. The molecule has 0 atom stereocenters. The summed E-state index contributed by atoms with van der Waals surface area (Å²) >= 11 is 0. The largest absolute Gasteiger partial charge is 0.461 e. The SMILES string of the molecule is C=C1Cc2cc3n(c2C1)CCN(c1cc(F)cc(-c2cc(Nc4ccc(N5CCN(CC)CC5)cn4)c(=O)n(C)c2)c1COC(C)=O)C3=O. The Bertz CT molecular complexity index is 2030. The number of aryl methyl sites for hydroxylation is 1. The number of anilines is 4.